The van der Waals surface area contributed by atoms with Crippen molar-refractivity contribution in [3.63, 3.8) is 0 Å². The third-order valence-electron chi connectivity index (χ3n) is 6.56. The topological polar surface area (TPSA) is 86.8 Å². The van der Waals surface area contributed by atoms with Crippen molar-refractivity contribution in [3.8, 4) is 0 Å². The third-order valence-corrected chi connectivity index (χ3v) is 8.44. The van der Waals surface area contributed by atoms with Gasteiger partial charge in [-0.05, 0) is 69.9 Å². The molecule has 0 saturated carbocycles. The van der Waals surface area contributed by atoms with Gasteiger partial charge in [-0.1, -0.05) is 48.3 Å². The molecule has 0 aliphatic carbocycles. The van der Waals surface area contributed by atoms with Crippen LogP contribution < -0.4 is 9.62 Å². The Morgan fingerprint density at radius 2 is 1.62 bits per heavy atom. The summed E-state index contributed by atoms with van der Waals surface area (Å²) in [6.07, 6.45) is 2.22. The smallest absolute Gasteiger partial charge is 0.242 e. The molecular weight excluding hydrogens is 533 g/mol. The number of halogens is 2. The highest BCUT2D eigenvalue weighted by atomic mass is 35.5. The zero-order valence-electron chi connectivity index (χ0n) is 22.3. The van der Waals surface area contributed by atoms with Crippen molar-refractivity contribution < 1.29 is 18.0 Å². The Labute approximate surface area is 231 Å². The first kappa shape index (κ1) is 30.9. The molecule has 2 aromatic carbocycles. The third kappa shape index (κ3) is 8.35. The molecule has 2 rings (SSSR count). The van der Waals surface area contributed by atoms with Crippen LogP contribution in [0.3, 0.4) is 0 Å². The molecule has 0 saturated heterocycles. The van der Waals surface area contributed by atoms with Crippen molar-refractivity contribution in [1.29, 1.82) is 0 Å². The largest absolute Gasteiger partial charge is 0.352 e. The first-order valence-corrected chi connectivity index (χ1v) is 14.9. The second-order valence-corrected chi connectivity index (χ2v) is 12.1. The van der Waals surface area contributed by atoms with Crippen LogP contribution in [0.2, 0.25) is 10.0 Å². The predicted octanol–water partition coefficient (Wildman–Crippen LogP) is 5.49. The van der Waals surface area contributed by atoms with Gasteiger partial charge < -0.3 is 10.2 Å². The Hall–Kier alpha value is -2.29. The summed E-state index contributed by atoms with van der Waals surface area (Å²) < 4.78 is 26.5. The van der Waals surface area contributed by atoms with E-state index in [2.05, 4.69) is 5.32 Å². The first-order chi connectivity index (χ1) is 17.3. The number of carbonyl (C=O) groups is 2. The molecule has 10 heteroatoms. The zero-order valence-corrected chi connectivity index (χ0v) is 24.7. The van der Waals surface area contributed by atoms with Gasteiger partial charge in [0, 0.05) is 41.2 Å². The lowest BCUT2D eigenvalue weighted by Gasteiger charge is -2.31. The van der Waals surface area contributed by atoms with E-state index in [1.165, 1.54) is 9.21 Å². The van der Waals surface area contributed by atoms with Crippen LogP contribution in [0.25, 0.3) is 0 Å². The van der Waals surface area contributed by atoms with Crippen molar-refractivity contribution in [3.05, 3.63) is 63.1 Å². The molecule has 0 radical (unpaired) electrons. The van der Waals surface area contributed by atoms with Gasteiger partial charge >= 0.3 is 0 Å². The molecule has 0 aliphatic heterocycles. The number of nitrogens with zero attached hydrogens (tertiary/aromatic N) is 2. The fourth-order valence-corrected chi connectivity index (χ4v) is 5.42. The van der Waals surface area contributed by atoms with E-state index in [4.69, 9.17) is 23.2 Å². The lowest BCUT2D eigenvalue weighted by atomic mass is 10.1. The number of rotatable bonds is 12. The number of sulfonamides is 1. The van der Waals surface area contributed by atoms with E-state index in [1.807, 2.05) is 39.8 Å². The van der Waals surface area contributed by atoms with E-state index in [1.54, 1.807) is 31.2 Å². The summed E-state index contributed by atoms with van der Waals surface area (Å²) >= 11 is 12.7. The highest BCUT2D eigenvalue weighted by molar-refractivity contribution is 7.92. The maximum Gasteiger partial charge on any atom is 0.242 e. The van der Waals surface area contributed by atoms with Crippen LogP contribution in [-0.4, -0.2) is 50.0 Å². The van der Waals surface area contributed by atoms with E-state index < -0.39 is 16.1 Å². The normalized spacial score (nSPS) is 13.1. The van der Waals surface area contributed by atoms with Gasteiger partial charge in [0.1, 0.15) is 6.04 Å². The van der Waals surface area contributed by atoms with E-state index in [-0.39, 0.29) is 43.8 Å². The number of carbonyl (C=O) groups excluding carboxylic acids is 2. The van der Waals surface area contributed by atoms with Gasteiger partial charge in [0.25, 0.3) is 0 Å². The van der Waals surface area contributed by atoms with Crippen molar-refractivity contribution in [2.24, 2.45) is 0 Å². The number of anilines is 1. The lowest BCUT2D eigenvalue weighted by molar-refractivity contribution is -0.140. The fraction of sp³-hybridized carbons (Fsp3) is 0.481. The Morgan fingerprint density at radius 1 is 1.03 bits per heavy atom. The molecule has 2 aromatic rings. The average molecular weight is 571 g/mol. The minimum atomic E-state index is -3.57. The second-order valence-electron chi connectivity index (χ2n) is 9.37. The summed E-state index contributed by atoms with van der Waals surface area (Å²) in [5, 5.41) is 3.72. The Balaban J connectivity index is 2.27. The van der Waals surface area contributed by atoms with E-state index in [0.717, 1.165) is 23.8 Å². The molecule has 0 spiro atoms. The van der Waals surface area contributed by atoms with Crippen molar-refractivity contribution in [2.75, 3.05) is 17.1 Å². The number of aryl methyl sites for hydroxylation is 1. The Morgan fingerprint density at radius 3 is 2.19 bits per heavy atom. The van der Waals surface area contributed by atoms with Gasteiger partial charge in [0.15, 0.2) is 0 Å². The zero-order chi connectivity index (χ0) is 27.9. The van der Waals surface area contributed by atoms with E-state index in [9.17, 15) is 18.0 Å². The van der Waals surface area contributed by atoms with Crippen molar-refractivity contribution in [2.45, 2.75) is 72.5 Å². The lowest BCUT2D eigenvalue weighted by Crippen LogP contribution is -2.49. The molecule has 204 valence electrons. The van der Waals surface area contributed by atoms with Crippen molar-refractivity contribution >= 4 is 50.7 Å². The van der Waals surface area contributed by atoms with Gasteiger partial charge in [-0.25, -0.2) is 8.42 Å². The van der Waals surface area contributed by atoms with Gasteiger partial charge in [-0.3, -0.25) is 13.9 Å². The summed E-state index contributed by atoms with van der Waals surface area (Å²) in [4.78, 5) is 27.8. The molecule has 2 amide bonds. The number of nitrogens with one attached hydrogen (secondary N) is 1. The maximum absolute atomic E-state index is 13.5. The average Bonchev–Trinajstić information content (AvgIpc) is 2.82. The van der Waals surface area contributed by atoms with Crippen LogP contribution in [0.15, 0.2) is 36.4 Å². The van der Waals surface area contributed by atoms with Gasteiger partial charge in [0.05, 0.1) is 11.9 Å². The summed E-state index contributed by atoms with van der Waals surface area (Å²) in [6.45, 7) is 9.51. The van der Waals surface area contributed by atoms with Crippen LogP contribution >= 0.6 is 23.2 Å². The number of benzene rings is 2. The van der Waals surface area contributed by atoms with E-state index >= 15 is 0 Å². The molecular formula is C27H37Cl2N3O4S. The van der Waals surface area contributed by atoms with Gasteiger partial charge in [0.2, 0.25) is 21.8 Å². The fourth-order valence-electron chi connectivity index (χ4n) is 3.89. The second kappa shape index (κ2) is 13.5. The summed E-state index contributed by atoms with van der Waals surface area (Å²) in [5.74, 6) is -0.573. The molecule has 0 unspecified atom stereocenters. The number of hydrogen-bond donors (Lipinski definition) is 1. The van der Waals surface area contributed by atoms with Crippen LogP contribution in [0, 0.1) is 13.8 Å². The summed E-state index contributed by atoms with van der Waals surface area (Å²) in [6, 6.07) is 9.76. The van der Waals surface area contributed by atoms with Crippen molar-refractivity contribution in [1.82, 2.24) is 10.2 Å². The molecule has 0 bridgehead atoms. The molecule has 1 N–H and O–H groups in total. The molecule has 7 nitrogen and oxygen atoms in total. The monoisotopic (exact) mass is 569 g/mol. The van der Waals surface area contributed by atoms with Crippen LogP contribution in [0.5, 0.6) is 0 Å². The van der Waals surface area contributed by atoms with E-state index in [0.29, 0.717) is 21.3 Å². The number of hydrogen-bond acceptors (Lipinski definition) is 4. The molecule has 0 heterocycles. The van der Waals surface area contributed by atoms with Crippen LogP contribution in [-0.2, 0) is 26.2 Å². The van der Waals surface area contributed by atoms with Crippen LogP contribution in [0.4, 0.5) is 5.69 Å². The first-order valence-electron chi connectivity index (χ1n) is 12.3. The molecule has 0 fully saturated rings. The summed E-state index contributed by atoms with van der Waals surface area (Å²) in [7, 11) is -3.57. The molecule has 0 aromatic heterocycles. The Kier molecular flexibility index (Phi) is 11.3. The standard InChI is InChI=1S/C27H37Cl2N3O4S/c1-7-19(3)30-27(34)21(5)31(17-22-23(28)12-9-13-24(22)29)26(33)15-10-16-32(37(6,35)36)25-14-8-11-18(2)20(25)4/h8-9,11-14,19,21H,7,10,15-17H2,1-6H3,(H,30,34)/t19-,21+/m1/s1. The number of amides is 2. The van der Waals surface area contributed by atoms with Gasteiger partial charge in [-0.15, -0.1) is 0 Å². The highest BCUT2D eigenvalue weighted by Gasteiger charge is 2.28. The molecule has 37 heavy (non-hydrogen) atoms. The molecule has 2 atom stereocenters. The SMILES string of the molecule is CC[C@@H](C)NC(=O)[C@H](C)N(Cc1c(Cl)cccc1Cl)C(=O)CCCN(c1cccc(C)c1C)S(C)(=O)=O. The maximum atomic E-state index is 13.5. The minimum Gasteiger partial charge on any atom is -0.352 e. The van der Waals surface area contributed by atoms with Gasteiger partial charge in [-0.2, -0.15) is 0 Å². The minimum absolute atomic E-state index is 0.0416. The highest BCUT2D eigenvalue weighted by Crippen LogP contribution is 2.28. The van der Waals surface area contributed by atoms with Crippen LogP contribution in [0.1, 0.15) is 56.7 Å². The Bertz CT molecular complexity index is 1200. The summed E-state index contributed by atoms with van der Waals surface area (Å²) in [5.41, 5.74) is 2.99. The quantitative estimate of drug-likeness (QED) is 0.366. The predicted molar refractivity (Wildman–Crippen MR) is 152 cm³/mol. The molecule has 0 aliphatic rings.